The number of hydrogen-bond donors (Lipinski definition) is 1. The maximum Gasteiger partial charge on any atom is 0.410 e. The summed E-state index contributed by atoms with van der Waals surface area (Å²) in [5.41, 5.74) is 3.02. The molecule has 8 nitrogen and oxygen atoms in total. The molecule has 0 aromatic heterocycles. The zero-order valence-corrected chi connectivity index (χ0v) is 16.6. The van der Waals surface area contributed by atoms with Gasteiger partial charge in [-0.05, 0) is 51.3 Å². The summed E-state index contributed by atoms with van der Waals surface area (Å²) >= 11 is 0. The smallest absolute Gasteiger partial charge is 0.410 e. The normalized spacial score (nSPS) is 14.1. The van der Waals surface area contributed by atoms with Gasteiger partial charge in [-0.15, -0.1) is 0 Å². The van der Waals surface area contributed by atoms with E-state index in [2.05, 4.69) is 5.48 Å². The monoisotopic (exact) mass is 390 g/mol. The Morgan fingerprint density at radius 3 is 2.18 bits per heavy atom. The summed E-state index contributed by atoms with van der Waals surface area (Å²) in [5, 5.41) is 0. The number of piperidine rings is 1. The molecule has 1 N–H and O–H groups in total. The van der Waals surface area contributed by atoms with Crippen LogP contribution >= 0.6 is 0 Å². The van der Waals surface area contributed by atoms with Crippen LogP contribution in [0.3, 0.4) is 0 Å². The first-order chi connectivity index (χ1) is 13.2. The van der Waals surface area contributed by atoms with Gasteiger partial charge in [-0.1, -0.05) is 18.2 Å². The molecule has 1 aliphatic heterocycles. The predicted molar refractivity (Wildman–Crippen MR) is 101 cm³/mol. The van der Waals surface area contributed by atoms with E-state index in [0.29, 0.717) is 37.1 Å². The Morgan fingerprint density at radius 1 is 1.04 bits per heavy atom. The maximum atomic E-state index is 12.2. The molecule has 1 aromatic carbocycles. The Morgan fingerprint density at radius 2 is 1.64 bits per heavy atom. The first kappa shape index (κ1) is 21.3. The molecule has 0 radical (unpaired) electrons. The van der Waals surface area contributed by atoms with Gasteiger partial charge in [0.15, 0.2) is 5.70 Å². The highest BCUT2D eigenvalue weighted by atomic mass is 16.7. The number of carbonyl (C=O) groups excluding carboxylic acids is 3. The number of benzene rings is 1. The first-order valence-electron chi connectivity index (χ1n) is 9.02. The lowest BCUT2D eigenvalue weighted by molar-refractivity contribution is -0.137. The third kappa shape index (κ3) is 6.00. The van der Waals surface area contributed by atoms with Gasteiger partial charge in [0, 0.05) is 13.1 Å². The molecule has 1 aliphatic rings. The van der Waals surface area contributed by atoms with Crippen LogP contribution in [-0.4, -0.2) is 48.7 Å². The summed E-state index contributed by atoms with van der Waals surface area (Å²) in [6.07, 6.45) is 0.466. The molecule has 1 fully saturated rings. The number of esters is 1. The van der Waals surface area contributed by atoms with Gasteiger partial charge in [-0.25, -0.2) is 19.9 Å². The van der Waals surface area contributed by atoms with E-state index in [-0.39, 0.29) is 5.70 Å². The SMILES string of the molecule is COC(=O)C(NOC(=O)c1ccccc1)=C1CCN(C(=O)OC(C)(C)C)CC1. The number of nitrogens with one attached hydrogen (secondary N) is 1. The van der Waals surface area contributed by atoms with Crippen molar-refractivity contribution in [3.63, 3.8) is 0 Å². The number of hydroxylamine groups is 1. The second-order valence-corrected chi connectivity index (χ2v) is 7.30. The number of ether oxygens (including phenoxy) is 2. The summed E-state index contributed by atoms with van der Waals surface area (Å²) in [7, 11) is 1.25. The highest BCUT2D eigenvalue weighted by Crippen LogP contribution is 2.22. The van der Waals surface area contributed by atoms with Crippen LogP contribution in [0, 0.1) is 0 Å². The minimum atomic E-state index is -0.637. The Kier molecular flexibility index (Phi) is 7.03. The average Bonchev–Trinajstić information content (AvgIpc) is 2.67. The molecule has 28 heavy (non-hydrogen) atoms. The zero-order chi connectivity index (χ0) is 20.7. The van der Waals surface area contributed by atoms with Crippen molar-refractivity contribution in [3.05, 3.63) is 47.2 Å². The topological polar surface area (TPSA) is 94.2 Å². The van der Waals surface area contributed by atoms with Crippen molar-refractivity contribution in [2.24, 2.45) is 0 Å². The van der Waals surface area contributed by atoms with Crippen LogP contribution in [-0.2, 0) is 19.1 Å². The van der Waals surface area contributed by atoms with E-state index in [0.717, 1.165) is 0 Å². The maximum absolute atomic E-state index is 12.2. The van der Waals surface area contributed by atoms with Gasteiger partial charge in [0.05, 0.1) is 12.7 Å². The van der Waals surface area contributed by atoms with E-state index >= 15 is 0 Å². The fourth-order valence-electron chi connectivity index (χ4n) is 2.63. The Bertz CT molecular complexity index is 742. The minimum absolute atomic E-state index is 0.0793. The predicted octanol–water partition coefficient (Wildman–Crippen LogP) is 2.81. The van der Waals surface area contributed by atoms with Crippen LogP contribution in [0.4, 0.5) is 4.79 Å². The van der Waals surface area contributed by atoms with Crippen LogP contribution in [0.25, 0.3) is 0 Å². The third-order valence-corrected chi connectivity index (χ3v) is 4.02. The Hall–Kier alpha value is -3.03. The molecule has 1 aromatic rings. The molecule has 1 saturated heterocycles. The number of methoxy groups -OCH3 is 1. The summed E-state index contributed by atoms with van der Waals surface area (Å²) in [6.45, 7) is 6.19. The number of nitrogens with zero attached hydrogens (tertiary/aromatic N) is 1. The number of rotatable bonds is 4. The highest BCUT2D eigenvalue weighted by molar-refractivity contribution is 5.91. The van der Waals surface area contributed by atoms with Crippen LogP contribution in [0.1, 0.15) is 44.0 Å². The van der Waals surface area contributed by atoms with Gasteiger partial charge in [-0.2, -0.15) is 0 Å². The molecule has 2 rings (SSSR count). The molecular weight excluding hydrogens is 364 g/mol. The summed E-state index contributed by atoms with van der Waals surface area (Å²) in [5.74, 6) is -1.25. The summed E-state index contributed by atoms with van der Waals surface area (Å²) in [4.78, 5) is 43.0. The first-order valence-corrected chi connectivity index (χ1v) is 9.02. The van der Waals surface area contributed by atoms with Crippen molar-refractivity contribution >= 4 is 18.0 Å². The Labute approximate surface area is 164 Å². The standard InChI is InChI=1S/C20H26N2O6/c1-20(2,3)27-19(25)22-12-10-14(11-13-22)16(18(24)26-4)21-28-17(23)15-8-6-5-7-9-15/h5-9,21H,10-13H2,1-4H3. The second kappa shape index (κ2) is 9.25. The van der Waals surface area contributed by atoms with E-state index in [1.807, 2.05) is 0 Å². The molecule has 1 amide bonds. The fraction of sp³-hybridized carbons (Fsp3) is 0.450. The highest BCUT2D eigenvalue weighted by Gasteiger charge is 2.28. The van der Waals surface area contributed by atoms with E-state index < -0.39 is 23.6 Å². The molecule has 152 valence electrons. The number of amides is 1. The third-order valence-electron chi connectivity index (χ3n) is 4.02. The largest absolute Gasteiger partial charge is 0.464 e. The van der Waals surface area contributed by atoms with Crippen LogP contribution < -0.4 is 5.48 Å². The lowest BCUT2D eigenvalue weighted by Gasteiger charge is -2.31. The van der Waals surface area contributed by atoms with Crippen LogP contribution in [0.2, 0.25) is 0 Å². The van der Waals surface area contributed by atoms with Crippen molar-refractivity contribution in [1.82, 2.24) is 10.4 Å². The van der Waals surface area contributed by atoms with E-state index in [4.69, 9.17) is 14.3 Å². The van der Waals surface area contributed by atoms with E-state index in [1.165, 1.54) is 7.11 Å². The molecule has 0 spiro atoms. The number of carbonyl (C=O) groups is 3. The molecule has 8 heteroatoms. The average molecular weight is 390 g/mol. The van der Waals surface area contributed by atoms with Gasteiger partial charge in [0.2, 0.25) is 0 Å². The lowest BCUT2D eigenvalue weighted by Crippen LogP contribution is -2.41. The Balaban J connectivity index is 2.03. The molecule has 0 atom stereocenters. The summed E-state index contributed by atoms with van der Waals surface area (Å²) in [6, 6.07) is 8.42. The molecule has 0 unspecified atom stereocenters. The van der Waals surface area contributed by atoms with Crippen molar-refractivity contribution in [2.45, 2.75) is 39.2 Å². The molecular formula is C20H26N2O6. The fourth-order valence-corrected chi connectivity index (χ4v) is 2.63. The van der Waals surface area contributed by atoms with E-state index in [9.17, 15) is 14.4 Å². The van der Waals surface area contributed by atoms with Crippen molar-refractivity contribution in [1.29, 1.82) is 0 Å². The quantitative estimate of drug-likeness (QED) is 0.366. The van der Waals surface area contributed by atoms with Crippen LogP contribution in [0.15, 0.2) is 41.6 Å². The van der Waals surface area contributed by atoms with Crippen molar-refractivity contribution in [3.8, 4) is 0 Å². The van der Waals surface area contributed by atoms with Crippen molar-refractivity contribution < 1.29 is 28.7 Å². The van der Waals surface area contributed by atoms with Gasteiger partial charge in [0.25, 0.3) is 0 Å². The second-order valence-electron chi connectivity index (χ2n) is 7.30. The number of likely N-dealkylation sites (tertiary alicyclic amines) is 1. The van der Waals surface area contributed by atoms with E-state index in [1.54, 1.807) is 56.0 Å². The molecule has 1 heterocycles. The van der Waals surface area contributed by atoms with Gasteiger partial charge in [-0.3, -0.25) is 0 Å². The van der Waals surface area contributed by atoms with Gasteiger partial charge in [0.1, 0.15) is 5.60 Å². The zero-order valence-electron chi connectivity index (χ0n) is 16.6. The summed E-state index contributed by atoms with van der Waals surface area (Å²) < 4.78 is 10.2. The van der Waals surface area contributed by atoms with Crippen molar-refractivity contribution in [2.75, 3.05) is 20.2 Å². The minimum Gasteiger partial charge on any atom is -0.464 e. The molecule has 0 aliphatic carbocycles. The number of hydrogen-bond acceptors (Lipinski definition) is 7. The van der Waals surface area contributed by atoms with Crippen LogP contribution in [0.5, 0.6) is 0 Å². The van der Waals surface area contributed by atoms with Gasteiger partial charge >= 0.3 is 18.0 Å². The van der Waals surface area contributed by atoms with Gasteiger partial charge < -0.3 is 19.2 Å². The molecule has 0 saturated carbocycles. The lowest BCUT2D eigenvalue weighted by atomic mass is 10.0. The molecule has 0 bridgehead atoms.